The van der Waals surface area contributed by atoms with Crippen LogP contribution in [0.25, 0.3) is 0 Å². The molecule has 0 saturated heterocycles. The maximum atomic E-state index is 10.4. The summed E-state index contributed by atoms with van der Waals surface area (Å²) in [7, 11) is 0. The Kier molecular flexibility index (Phi) is 3.94. The van der Waals surface area contributed by atoms with Crippen molar-refractivity contribution in [1.82, 2.24) is 0 Å². The molecule has 0 aliphatic heterocycles. The Hall–Kier alpha value is -1.55. The van der Waals surface area contributed by atoms with E-state index in [1.165, 1.54) is 0 Å². The second-order valence-corrected chi connectivity index (χ2v) is 2.92. The molecular weight excluding hydrogens is 182 g/mol. The van der Waals surface area contributed by atoms with Gasteiger partial charge in [-0.15, -0.1) is 0 Å². The number of hydrogen-bond acceptors (Lipinski definition) is 3. The molecule has 1 aromatic carbocycles. The molecule has 0 aliphatic rings. The third-order valence-electron chi connectivity index (χ3n) is 1.92. The monoisotopic (exact) mass is 195 g/mol. The number of nitrogens with two attached hydrogens (primary N) is 1. The predicted molar refractivity (Wildman–Crippen MR) is 51.8 cm³/mol. The van der Waals surface area contributed by atoms with E-state index in [-0.39, 0.29) is 19.1 Å². The number of aliphatic hydroxyl groups is 1. The van der Waals surface area contributed by atoms with Crippen LogP contribution in [0.4, 0.5) is 4.79 Å². The van der Waals surface area contributed by atoms with Crippen LogP contribution in [-0.4, -0.2) is 24.4 Å². The lowest BCUT2D eigenvalue weighted by Crippen LogP contribution is -2.19. The molecule has 0 aromatic heterocycles. The molecule has 14 heavy (non-hydrogen) atoms. The zero-order chi connectivity index (χ0) is 10.4. The second kappa shape index (κ2) is 5.24. The van der Waals surface area contributed by atoms with Crippen molar-refractivity contribution in [2.75, 3.05) is 13.2 Å². The SMILES string of the molecule is NC(=O)OCC(CO)c1ccccc1. The normalized spacial score (nSPS) is 12.1. The van der Waals surface area contributed by atoms with Crippen LogP contribution in [0.3, 0.4) is 0 Å². The van der Waals surface area contributed by atoms with Crippen LogP contribution in [0.1, 0.15) is 11.5 Å². The summed E-state index contributed by atoms with van der Waals surface area (Å²) in [5.74, 6) is -0.205. The number of amides is 1. The van der Waals surface area contributed by atoms with Crippen molar-refractivity contribution >= 4 is 6.09 Å². The summed E-state index contributed by atoms with van der Waals surface area (Å²) in [4.78, 5) is 10.4. The Morgan fingerprint density at radius 1 is 1.43 bits per heavy atom. The summed E-state index contributed by atoms with van der Waals surface area (Å²) in [6.45, 7) is 0.0349. The molecule has 1 unspecified atom stereocenters. The summed E-state index contributed by atoms with van der Waals surface area (Å²) >= 11 is 0. The van der Waals surface area contributed by atoms with Crippen molar-refractivity contribution in [3.8, 4) is 0 Å². The van der Waals surface area contributed by atoms with Gasteiger partial charge in [0.15, 0.2) is 0 Å². The Bertz CT molecular complexity index is 287. The number of carbonyl (C=O) groups excluding carboxylic acids is 1. The first-order chi connectivity index (χ1) is 6.74. The summed E-state index contributed by atoms with van der Waals surface area (Å²) < 4.78 is 4.63. The van der Waals surface area contributed by atoms with Crippen molar-refractivity contribution in [2.45, 2.75) is 5.92 Å². The van der Waals surface area contributed by atoms with Gasteiger partial charge in [-0.2, -0.15) is 0 Å². The Labute approximate surface area is 82.3 Å². The number of ether oxygens (including phenoxy) is 1. The molecule has 0 bridgehead atoms. The van der Waals surface area contributed by atoms with Crippen molar-refractivity contribution < 1.29 is 14.6 Å². The van der Waals surface area contributed by atoms with Crippen LogP contribution in [0.5, 0.6) is 0 Å². The number of carbonyl (C=O) groups is 1. The number of primary amides is 1. The van der Waals surface area contributed by atoms with E-state index in [1.54, 1.807) is 0 Å². The zero-order valence-corrected chi connectivity index (χ0v) is 7.72. The van der Waals surface area contributed by atoms with E-state index in [4.69, 9.17) is 10.8 Å². The quantitative estimate of drug-likeness (QED) is 0.748. The highest BCUT2D eigenvalue weighted by molar-refractivity contribution is 5.64. The van der Waals surface area contributed by atoms with Crippen LogP contribution in [0.15, 0.2) is 30.3 Å². The third kappa shape index (κ3) is 3.06. The highest BCUT2D eigenvalue weighted by atomic mass is 16.5. The molecule has 1 aromatic rings. The summed E-state index contributed by atoms with van der Waals surface area (Å²) in [5, 5.41) is 9.06. The van der Waals surface area contributed by atoms with Crippen LogP contribution in [-0.2, 0) is 4.74 Å². The Balaban J connectivity index is 2.58. The van der Waals surface area contributed by atoms with Crippen LogP contribution < -0.4 is 5.73 Å². The van der Waals surface area contributed by atoms with E-state index in [1.807, 2.05) is 30.3 Å². The molecule has 1 rings (SSSR count). The van der Waals surface area contributed by atoms with Crippen molar-refractivity contribution in [2.24, 2.45) is 5.73 Å². The fourth-order valence-corrected chi connectivity index (χ4v) is 1.16. The van der Waals surface area contributed by atoms with Gasteiger partial charge in [0.2, 0.25) is 0 Å². The largest absolute Gasteiger partial charge is 0.449 e. The minimum Gasteiger partial charge on any atom is -0.449 e. The standard InChI is InChI=1S/C10H13NO3/c11-10(13)14-7-9(6-12)8-4-2-1-3-5-8/h1-5,9,12H,6-7H2,(H2,11,13). The third-order valence-corrected chi connectivity index (χ3v) is 1.92. The van der Waals surface area contributed by atoms with Gasteiger partial charge in [-0.25, -0.2) is 4.79 Å². The van der Waals surface area contributed by atoms with Crippen LogP contribution in [0, 0.1) is 0 Å². The van der Waals surface area contributed by atoms with Gasteiger partial charge in [-0.1, -0.05) is 30.3 Å². The summed E-state index contributed by atoms with van der Waals surface area (Å²) in [6.07, 6.45) is -0.820. The highest BCUT2D eigenvalue weighted by Gasteiger charge is 2.11. The molecule has 4 nitrogen and oxygen atoms in total. The molecule has 76 valence electrons. The topological polar surface area (TPSA) is 72.6 Å². The zero-order valence-electron chi connectivity index (χ0n) is 7.72. The first kappa shape index (κ1) is 10.5. The number of hydrogen-bond donors (Lipinski definition) is 2. The van der Waals surface area contributed by atoms with E-state index in [0.717, 1.165) is 5.56 Å². The molecule has 0 radical (unpaired) electrons. The highest BCUT2D eigenvalue weighted by Crippen LogP contribution is 2.14. The molecule has 0 saturated carbocycles. The molecule has 1 atom stereocenters. The van der Waals surface area contributed by atoms with Crippen LogP contribution >= 0.6 is 0 Å². The molecule has 0 spiro atoms. The van der Waals surface area contributed by atoms with E-state index in [0.29, 0.717) is 0 Å². The number of benzene rings is 1. The van der Waals surface area contributed by atoms with Crippen LogP contribution in [0.2, 0.25) is 0 Å². The Morgan fingerprint density at radius 2 is 2.07 bits per heavy atom. The number of rotatable bonds is 4. The van der Waals surface area contributed by atoms with Gasteiger partial charge in [0.1, 0.15) is 6.61 Å². The lowest BCUT2D eigenvalue weighted by Gasteiger charge is -2.13. The minimum absolute atomic E-state index is 0.0721. The molecule has 0 aliphatic carbocycles. The van der Waals surface area contributed by atoms with Gasteiger partial charge in [0, 0.05) is 5.92 Å². The van der Waals surface area contributed by atoms with Gasteiger partial charge in [0.25, 0.3) is 0 Å². The first-order valence-corrected chi connectivity index (χ1v) is 4.32. The first-order valence-electron chi connectivity index (χ1n) is 4.32. The molecule has 3 N–H and O–H groups in total. The summed E-state index contributed by atoms with van der Waals surface area (Å²) in [5.41, 5.74) is 5.76. The molecular formula is C10H13NO3. The maximum absolute atomic E-state index is 10.4. The van der Waals surface area contributed by atoms with E-state index >= 15 is 0 Å². The van der Waals surface area contributed by atoms with Gasteiger partial charge in [-0.3, -0.25) is 0 Å². The maximum Gasteiger partial charge on any atom is 0.404 e. The van der Waals surface area contributed by atoms with Crippen molar-refractivity contribution in [3.05, 3.63) is 35.9 Å². The van der Waals surface area contributed by atoms with Gasteiger partial charge < -0.3 is 15.6 Å². The molecule has 1 amide bonds. The van der Waals surface area contributed by atoms with Crippen molar-refractivity contribution in [3.63, 3.8) is 0 Å². The fraction of sp³-hybridized carbons (Fsp3) is 0.300. The fourth-order valence-electron chi connectivity index (χ4n) is 1.16. The second-order valence-electron chi connectivity index (χ2n) is 2.92. The van der Waals surface area contributed by atoms with Gasteiger partial charge in [-0.05, 0) is 5.56 Å². The van der Waals surface area contributed by atoms with E-state index in [2.05, 4.69) is 4.74 Å². The lowest BCUT2D eigenvalue weighted by molar-refractivity contribution is 0.133. The average Bonchev–Trinajstić information content (AvgIpc) is 2.20. The van der Waals surface area contributed by atoms with Crippen molar-refractivity contribution in [1.29, 1.82) is 0 Å². The molecule has 0 heterocycles. The smallest absolute Gasteiger partial charge is 0.404 e. The average molecular weight is 195 g/mol. The van der Waals surface area contributed by atoms with E-state index < -0.39 is 6.09 Å². The minimum atomic E-state index is -0.820. The summed E-state index contributed by atoms with van der Waals surface area (Å²) in [6, 6.07) is 9.34. The van der Waals surface area contributed by atoms with Gasteiger partial charge in [0.05, 0.1) is 6.61 Å². The van der Waals surface area contributed by atoms with E-state index in [9.17, 15) is 4.79 Å². The number of aliphatic hydroxyl groups excluding tert-OH is 1. The lowest BCUT2D eigenvalue weighted by atomic mass is 10.0. The Morgan fingerprint density at radius 3 is 2.57 bits per heavy atom. The molecule has 0 fully saturated rings. The predicted octanol–water partition coefficient (Wildman–Crippen LogP) is 0.858. The molecule has 4 heteroatoms. The van der Waals surface area contributed by atoms with Gasteiger partial charge >= 0.3 is 6.09 Å².